The lowest BCUT2D eigenvalue weighted by molar-refractivity contribution is -0.121. The average molecular weight is 347 g/mol. The van der Waals surface area contributed by atoms with Gasteiger partial charge < -0.3 is 11.1 Å². The van der Waals surface area contributed by atoms with Gasteiger partial charge in [0.25, 0.3) is 0 Å². The van der Waals surface area contributed by atoms with Crippen molar-refractivity contribution in [2.24, 2.45) is 5.73 Å². The second-order valence-electron chi connectivity index (χ2n) is 5.61. The van der Waals surface area contributed by atoms with E-state index < -0.39 is 0 Å². The third-order valence-electron chi connectivity index (χ3n) is 3.99. The lowest BCUT2D eigenvalue weighted by Crippen LogP contribution is -2.40. The van der Waals surface area contributed by atoms with E-state index in [1.54, 1.807) is 11.8 Å². The van der Waals surface area contributed by atoms with Crippen LogP contribution in [0.1, 0.15) is 17.2 Å². The first-order valence-electron chi connectivity index (χ1n) is 7.65. The van der Waals surface area contributed by atoms with E-state index in [1.165, 1.54) is 0 Å². The Labute approximate surface area is 145 Å². The molecule has 0 bridgehead atoms. The summed E-state index contributed by atoms with van der Waals surface area (Å²) >= 11 is 7.63. The molecule has 0 saturated carbocycles. The van der Waals surface area contributed by atoms with E-state index >= 15 is 0 Å². The number of nitrogens with two attached hydrogens (primary N) is 1. The van der Waals surface area contributed by atoms with Crippen LogP contribution in [0.4, 0.5) is 0 Å². The predicted molar refractivity (Wildman–Crippen MR) is 97.7 cm³/mol. The van der Waals surface area contributed by atoms with Crippen LogP contribution in [0.25, 0.3) is 11.1 Å². The number of nitrogens with one attached hydrogen (secondary N) is 1. The van der Waals surface area contributed by atoms with Crippen LogP contribution < -0.4 is 11.1 Å². The molecule has 2 aromatic carbocycles. The molecule has 3 rings (SSSR count). The molecule has 1 heterocycles. The molecular formula is C18H19ClN2OS. The van der Waals surface area contributed by atoms with Gasteiger partial charge in [0.1, 0.15) is 5.25 Å². The highest BCUT2D eigenvalue weighted by atomic mass is 35.5. The fourth-order valence-electron chi connectivity index (χ4n) is 2.70. The van der Waals surface area contributed by atoms with E-state index in [2.05, 4.69) is 17.4 Å². The molecule has 1 fully saturated rings. The Bertz CT molecular complexity index is 690. The second-order valence-corrected chi connectivity index (χ2v) is 7.26. The van der Waals surface area contributed by atoms with Crippen LogP contribution in [0.3, 0.4) is 0 Å². The largest absolute Gasteiger partial charge is 0.351 e. The smallest absolute Gasteiger partial charge is 0.237 e. The fraction of sp³-hybridized carbons (Fsp3) is 0.278. The zero-order chi connectivity index (χ0) is 16.2. The Morgan fingerprint density at radius 1 is 1.17 bits per heavy atom. The standard InChI is InChI=1S/C18H19ClN2OS/c19-15-6-4-12(5-7-15)13-2-1-3-14(10-13)17-18(22)21-16(11-20)8-9-23-17/h1-7,10,16-17H,8-9,11,20H2,(H,21,22)/t16-,17+/m0/s1. The number of hydrogen-bond acceptors (Lipinski definition) is 3. The van der Waals surface area contributed by atoms with Gasteiger partial charge in [-0.3, -0.25) is 4.79 Å². The Morgan fingerprint density at radius 3 is 2.70 bits per heavy atom. The van der Waals surface area contributed by atoms with E-state index in [9.17, 15) is 4.79 Å². The Kier molecular flexibility index (Phi) is 5.26. The zero-order valence-electron chi connectivity index (χ0n) is 12.7. The van der Waals surface area contributed by atoms with Crippen molar-refractivity contribution in [3.05, 3.63) is 59.1 Å². The van der Waals surface area contributed by atoms with E-state index in [1.807, 2.05) is 36.4 Å². The van der Waals surface area contributed by atoms with Crippen LogP contribution in [0.15, 0.2) is 48.5 Å². The number of carbonyl (C=O) groups excluding carboxylic acids is 1. The minimum absolute atomic E-state index is 0.0520. The number of rotatable bonds is 3. The number of halogens is 1. The normalized spacial score (nSPS) is 21.6. The quantitative estimate of drug-likeness (QED) is 0.892. The third kappa shape index (κ3) is 3.89. The highest BCUT2D eigenvalue weighted by Crippen LogP contribution is 2.34. The maximum absolute atomic E-state index is 12.5. The first kappa shape index (κ1) is 16.4. The van der Waals surface area contributed by atoms with Crippen LogP contribution in [-0.4, -0.2) is 24.2 Å². The van der Waals surface area contributed by atoms with Crippen molar-refractivity contribution in [3.63, 3.8) is 0 Å². The highest BCUT2D eigenvalue weighted by Gasteiger charge is 2.26. The van der Waals surface area contributed by atoms with Crippen molar-refractivity contribution < 1.29 is 4.79 Å². The maximum atomic E-state index is 12.5. The van der Waals surface area contributed by atoms with Gasteiger partial charge in [0.15, 0.2) is 0 Å². The van der Waals surface area contributed by atoms with Crippen molar-refractivity contribution in [2.75, 3.05) is 12.3 Å². The van der Waals surface area contributed by atoms with E-state index in [0.717, 1.165) is 33.9 Å². The molecule has 0 aromatic heterocycles. The van der Waals surface area contributed by atoms with Crippen LogP contribution in [0.2, 0.25) is 5.02 Å². The van der Waals surface area contributed by atoms with Crippen molar-refractivity contribution in [2.45, 2.75) is 17.7 Å². The molecule has 1 aliphatic heterocycles. The molecule has 0 spiro atoms. The molecule has 2 aromatic rings. The van der Waals surface area contributed by atoms with Gasteiger partial charge in [-0.05, 0) is 47.1 Å². The number of amides is 1. The summed E-state index contributed by atoms with van der Waals surface area (Å²) in [4.78, 5) is 12.5. The topological polar surface area (TPSA) is 55.1 Å². The molecule has 0 unspecified atom stereocenters. The molecule has 3 nitrogen and oxygen atoms in total. The summed E-state index contributed by atoms with van der Waals surface area (Å²) in [7, 11) is 0. The molecule has 1 saturated heterocycles. The van der Waals surface area contributed by atoms with Gasteiger partial charge in [-0.25, -0.2) is 0 Å². The zero-order valence-corrected chi connectivity index (χ0v) is 14.2. The third-order valence-corrected chi connectivity index (χ3v) is 5.53. The monoisotopic (exact) mass is 346 g/mol. The Balaban J connectivity index is 1.87. The summed E-state index contributed by atoms with van der Waals surface area (Å²) in [5.74, 6) is 0.979. The molecule has 120 valence electrons. The number of benzene rings is 2. The summed E-state index contributed by atoms with van der Waals surface area (Å²) < 4.78 is 0. The molecule has 0 radical (unpaired) electrons. The highest BCUT2D eigenvalue weighted by molar-refractivity contribution is 8.00. The lowest BCUT2D eigenvalue weighted by Gasteiger charge is -2.16. The molecule has 5 heteroatoms. The van der Waals surface area contributed by atoms with Gasteiger partial charge >= 0.3 is 0 Å². The van der Waals surface area contributed by atoms with Crippen molar-refractivity contribution in [1.82, 2.24) is 5.32 Å². The van der Waals surface area contributed by atoms with E-state index in [0.29, 0.717) is 6.54 Å². The van der Waals surface area contributed by atoms with Gasteiger partial charge in [-0.15, -0.1) is 11.8 Å². The summed E-state index contributed by atoms with van der Waals surface area (Å²) in [5.41, 5.74) is 8.90. The summed E-state index contributed by atoms with van der Waals surface area (Å²) in [6.07, 6.45) is 0.917. The van der Waals surface area contributed by atoms with E-state index in [-0.39, 0.29) is 17.2 Å². The van der Waals surface area contributed by atoms with Gasteiger partial charge in [0.05, 0.1) is 0 Å². The van der Waals surface area contributed by atoms with Crippen LogP contribution in [0, 0.1) is 0 Å². The molecule has 1 aliphatic rings. The molecule has 2 atom stereocenters. The van der Waals surface area contributed by atoms with Crippen LogP contribution in [-0.2, 0) is 4.79 Å². The van der Waals surface area contributed by atoms with Crippen molar-refractivity contribution >= 4 is 29.3 Å². The number of thioether (sulfide) groups is 1. The van der Waals surface area contributed by atoms with Crippen molar-refractivity contribution in [3.8, 4) is 11.1 Å². The first-order valence-corrected chi connectivity index (χ1v) is 9.08. The average Bonchev–Trinajstić information content (AvgIpc) is 2.77. The van der Waals surface area contributed by atoms with Gasteiger partial charge in [-0.2, -0.15) is 0 Å². The maximum Gasteiger partial charge on any atom is 0.237 e. The minimum atomic E-state index is -0.182. The first-order chi connectivity index (χ1) is 11.2. The lowest BCUT2D eigenvalue weighted by atomic mass is 10.0. The molecule has 1 amide bonds. The van der Waals surface area contributed by atoms with E-state index in [4.69, 9.17) is 17.3 Å². The fourth-order valence-corrected chi connectivity index (χ4v) is 4.04. The molecule has 3 N–H and O–H groups in total. The van der Waals surface area contributed by atoms with Gasteiger partial charge in [-0.1, -0.05) is 41.9 Å². The van der Waals surface area contributed by atoms with Crippen molar-refractivity contribution in [1.29, 1.82) is 0 Å². The Morgan fingerprint density at radius 2 is 1.96 bits per heavy atom. The predicted octanol–water partition coefficient (Wildman–Crippen LogP) is 3.63. The molecular weight excluding hydrogens is 328 g/mol. The Hall–Kier alpha value is -1.49. The van der Waals surface area contributed by atoms with Gasteiger partial charge in [0, 0.05) is 17.6 Å². The van der Waals surface area contributed by atoms with Crippen LogP contribution >= 0.6 is 23.4 Å². The summed E-state index contributed by atoms with van der Waals surface area (Å²) in [6.45, 7) is 0.490. The second kappa shape index (κ2) is 7.39. The molecule has 23 heavy (non-hydrogen) atoms. The number of carbonyl (C=O) groups is 1. The number of hydrogen-bond donors (Lipinski definition) is 2. The minimum Gasteiger partial charge on any atom is -0.351 e. The van der Waals surface area contributed by atoms with Gasteiger partial charge in [0.2, 0.25) is 5.91 Å². The molecule has 0 aliphatic carbocycles. The summed E-state index contributed by atoms with van der Waals surface area (Å²) in [5, 5.41) is 3.58. The summed E-state index contributed by atoms with van der Waals surface area (Å²) in [6, 6.07) is 16.0. The SMILES string of the molecule is NC[C@@H]1CCS[C@H](c2cccc(-c3ccc(Cl)cc3)c2)C(=O)N1. The van der Waals surface area contributed by atoms with Crippen LogP contribution in [0.5, 0.6) is 0 Å².